The molecule has 43 heavy (non-hydrogen) atoms. The van der Waals surface area contributed by atoms with E-state index in [-0.39, 0.29) is 36.7 Å². The Morgan fingerprint density at radius 2 is 1.88 bits per heavy atom. The molecular formula is C33H36N6O4. The largest absolute Gasteiger partial charge is 0.381 e. The van der Waals surface area contributed by atoms with Gasteiger partial charge >= 0.3 is 0 Å². The number of nitrogens with zero attached hydrogens (tertiary/aromatic N) is 4. The number of rotatable bonds is 7. The van der Waals surface area contributed by atoms with Crippen molar-refractivity contribution in [1.82, 2.24) is 15.6 Å². The van der Waals surface area contributed by atoms with Gasteiger partial charge in [0.2, 0.25) is 11.8 Å². The normalized spacial score (nSPS) is 19.8. The maximum Gasteiger partial charge on any atom is 0.251 e. The number of pyridine rings is 1. The molecule has 0 radical (unpaired) electrons. The number of carbonyl (C=O) groups is 3. The lowest BCUT2D eigenvalue weighted by Gasteiger charge is -2.31. The summed E-state index contributed by atoms with van der Waals surface area (Å²) in [5, 5.41) is 16.6. The Morgan fingerprint density at radius 1 is 1.12 bits per heavy atom. The highest BCUT2D eigenvalue weighted by molar-refractivity contribution is 6.09. The molecule has 3 aliphatic rings. The summed E-state index contributed by atoms with van der Waals surface area (Å²) in [7, 11) is 1.68. The minimum Gasteiger partial charge on any atom is -0.381 e. The molecule has 3 heterocycles. The van der Waals surface area contributed by atoms with Crippen LogP contribution < -0.4 is 20.4 Å². The zero-order valence-corrected chi connectivity index (χ0v) is 24.5. The Hall–Kier alpha value is -4.33. The molecule has 2 aliphatic heterocycles. The number of aromatic nitrogens is 1. The van der Waals surface area contributed by atoms with E-state index in [0.717, 1.165) is 34.9 Å². The topological polar surface area (TPSA) is 128 Å². The molecule has 1 aromatic heterocycles. The lowest BCUT2D eigenvalue weighted by Crippen LogP contribution is -2.56. The van der Waals surface area contributed by atoms with Crippen LogP contribution in [-0.2, 0) is 25.7 Å². The van der Waals surface area contributed by atoms with E-state index >= 15 is 0 Å². The summed E-state index contributed by atoms with van der Waals surface area (Å²) in [5.74, 6) is -0.688. The average molecular weight is 581 g/mol. The first-order chi connectivity index (χ1) is 20.9. The van der Waals surface area contributed by atoms with E-state index in [4.69, 9.17) is 9.72 Å². The van der Waals surface area contributed by atoms with Gasteiger partial charge in [-0.25, -0.2) is 0 Å². The minimum absolute atomic E-state index is 0.0395. The van der Waals surface area contributed by atoms with Crippen LogP contribution in [0.5, 0.6) is 0 Å². The monoisotopic (exact) mass is 580 g/mol. The number of hydrogen-bond acceptors (Lipinski definition) is 7. The van der Waals surface area contributed by atoms with Crippen molar-refractivity contribution in [2.75, 3.05) is 36.6 Å². The van der Waals surface area contributed by atoms with Gasteiger partial charge in [-0.3, -0.25) is 19.4 Å². The molecule has 2 fully saturated rings. The van der Waals surface area contributed by atoms with Crippen molar-refractivity contribution in [2.45, 2.75) is 57.2 Å². The SMILES string of the molecule is CNC(C)C(=O)NC1CN(C(=O)C2CCOCC2)c2cc(C#N)ccc2N(Cc2c(C3CC3)cnc3ccccc23)C1=O. The number of carbonyl (C=O) groups excluding carboxylic acids is 3. The Balaban J connectivity index is 1.49. The highest BCUT2D eigenvalue weighted by atomic mass is 16.5. The van der Waals surface area contributed by atoms with Crippen LogP contribution in [-0.4, -0.2) is 61.6 Å². The van der Waals surface area contributed by atoms with Gasteiger partial charge in [0.15, 0.2) is 0 Å². The molecule has 6 rings (SSSR count). The number of para-hydroxylation sites is 1. The molecule has 2 unspecified atom stereocenters. The third-order valence-corrected chi connectivity index (χ3v) is 8.85. The molecule has 3 amide bonds. The number of ether oxygens (including phenoxy) is 1. The highest BCUT2D eigenvalue weighted by Crippen LogP contribution is 2.44. The molecule has 1 saturated carbocycles. The second-order valence-corrected chi connectivity index (χ2v) is 11.6. The van der Waals surface area contributed by atoms with Gasteiger partial charge in [0.25, 0.3) is 5.91 Å². The first-order valence-electron chi connectivity index (χ1n) is 15.0. The van der Waals surface area contributed by atoms with Crippen molar-refractivity contribution >= 4 is 40.0 Å². The number of nitriles is 1. The fraction of sp³-hybridized carbons (Fsp3) is 0.424. The van der Waals surface area contributed by atoms with Crippen molar-refractivity contribution in [3.8, 4) is 6.07 Å². The van der Waals surface area contributed by atoms with E-state index < -0.39 is 12.1 Å². The molecule has 0 spiro atoms. The standard InChI is InChI=1S/C33H36N6O4/c1-20(35-2)31(40)37-28-19-39(32(41)23-11-13-43-14-12-23)30-15-21(16-34)7-10-29(30)38(33(28)42)18-26-24-5-3-4-6-27(24)36-17-25(26)22-8-9-22/h3-7,10,15,17,20,22-23,28,35H,8-9,11-14,18-19H2,1-2H3,(H,37,40). The Morgan fingerprint density at radius 3 is 2.60 bits per heavy atom. The van der Waals surface area contributed by atoms with Gasteiger partial charge in [0.1, 0.15) is 6.04 Å². The van der Waals surface area contributed by atoms with E-state index in [9.17, 15) is 19.6 Å². The fourth-order valence-electron chi connectivity index (χ4n) is 6.07. The van der Waals surface area contributed by atoms with Crippen LogP contribution in [0.25, 0.3) is 10.9 Å². The summed E-state index contributed by atoms with van der Waals surface area (Å²) in [6.07, 6.45) is 5.20. The molecule has 1 saturated heterocycles. The molecule has 222 valence electrons. The maximum absolute atomic E-state index is 14.5. The van der Waals surface area contributed by atoms with E-state index in [0.29, 0.717) is 48.9 Å². The number of anilines is 2. The number of amides is 3. The summed E-state index contributed by atoms with van der Waals surface area (Å²) in [5.41, 5.74) is 4.38. The van der Waals surface area contributed by atoms with Crippen LogP contribution in [0.2, 0.25) is 0 Å². The first-order valence-corrected chi connectivity index (χ1v) is 15.0. The molecule has 3 aromatic rings. The zero-order valence-electron chi connectivity index (χ0n) is 24.5. The predicted octanol–water partition coefficient (Wildman–Crippen LogP) is 3.38. The quantitative estimate of drug-likeness (QED) is 0.439. The average Bonchev–Trinajstić information content (AvgIpc) is 3.90. The molecule has 10 nitrogen and oxygen atoms in total. The van der Waals surface area contributed by atoms with Crippen molar-refractivity contribution < 1.29 is 19.1 Å². The summed E-state index contributed by atoms with van der Waals surface area (Å²) in [4.78, 5) is 49.8. The van der Waals surface area contributed by atoms with Gasteiger partial charge in [-0.1, -0.05) is 18.2 Å². The van der Waals surface area contributed by atoms with Gasteiger partial charge < -0.3 is 25.2 Å². The van der Waals surface area contributed by atoms with Gasteiger partial charge in [-0.15, -0.1) is 0 Å². The second kappa shape index (κ2) is 12.1. The number of nitrogens with one attached hydrogen (secondary N) is 2. The number of fused-ring (bicyclic) bond motifs is 2. The van der Waals surface area contributed by atoms with E-state index in [1.54, 1.807) is 42.0 Å². The summed E-state index contributed by atoms with van der Waals surface area (Å²) >= 11 is 0. The van der Waals surface area contributed by atoms with E-state index in [1.807, 2.05) is 30.5 Å². The number of benzene rings is 2. The van der Waals surface area contributed by atoms with Crippen LogP contribution in [0.3, 0.4) is 0 Å². The Bertz CT molecular complexity index is 1610. The van der Waals surface area contributed by atoms with Gasteiger partial charge in [-0.2, -0.15) is 5.26 Å². The number of hydrogen-bond donors (Lipinski definition) is 2. The van der Waals surface area contributed by atoms with Crippen LogP contribution in [0.1, 0.15) is 55.2 Å². The lowest BCUT2D eigenvalue weighted by molar-refractivity contribution is -0.129. The van der Waals surface area contributed by atoms with Crippen molar-refractivity contribution in [3.05, 3.63) is 65.4 Å². The zero-order chi connectivity index (χ0) is 30.1. The molecule has 2 N–H and O–H groups in total. The number of likely N-dealkylation sites (N-methyl/N-ethyl adjacent to an activating group) is 1. The lowest BCUT2D eigenvalue weighted by atomic mass is 9.97. The smallest absolute Gasteiger partial charge is 0.251 e. The predicted molar refractivity (Wildman–Crippen MR) is 162 cm³/mol. The highest BCUT2D eigenvalue weighted by Gasteiger charge is 2.40. The minimum atomic E-state index is -0.998. The Kier molecular flexibility index (Phi) is 8.10. The van der Waals surface area contributed by atoms with Crippen LogP contribution in [0, 0.1) is 17.2 Å². The van der Waals surface area contributed by atoms with E-state index in [2.05, 4.69) is 16.7 Å². The third-order valence-electron chi connectivity index (χ3n) is 8.85. The molecule has 2 atom stereocenters. The van der Waals surface area contributed by atoms with Crippen LogP contribution in [0.4, 0.5) is 11.4 Å². The summed E-state index contributed by atoms with van der Waals surface area (Å²) in [6.45, 7) is 2.89. The van der Waals surface area contributed by atoms with Crippen molar-refractivity contribution in [3.63, 3.8) is 0 Å². The van der Waals surface area contributed by atoms with Gasteiger partial charge in [0, 0.05) is 30.7 Å². The Labute approximate surface area is 251 Å². The third kappa shape index (κ3) is 5.70. The van der Waals surface area contributed by atoms with Gasteiger partial charge in [0.05, 0.1) is 47.7 Å². The maximum atomic E-state index is 14.5. The summed E-state index contributed by atoms with van der Waals surface area (Å²) < 4.78 is 5.51. The van der Waals surface area contributed by atoms with Gasteiger partial charge in [-0.05, 0) is 81.0 Å². The molecular weight excluding hydrogens is 544 g/mol. The molecule has 2 aromatic carbocycles. The molecule has 10 heteroatoms. The van der Waals surface area contributed by atoms with E-state index in [1.165, 1.54) is 0 Å². The van der Waals surface area contributed by atoms with Crippen molar-refractivity contribution in [2.24, 2.45) is 5.92 Å². The van der Waals surface area contributed by atoms with Crippen molar-refractivity contribution in [1.29, 1.82) is 5.26 Å². The second-order valence-electron chi connectivity index (χ2n) is 11.6. The molecule has 0 bridgehead atoms. The van der Waals surface area contributed by atoms with Crippen LogP contribution in [0.15, 0.2) is 48.7 Å². The summed E-state index contributed by atoms with van der Waals surface area (Å²) in [6, 6.07) is 13.7. The van der Waals surface area contributed by atoms with Crippen LogP contribution >= 0.6 is 0 Å². The molecule has 1 aliphatic carbocycles. The first kappa shape index (κ1) is 28.8. The fourth-order valence-corrected chi connectivity index (χ4v) is 6.07.